The number of hydrogen-bond donors (Lipinski definition) is 0. The molecule has 0 atom stereocenters. The van der Waals surface area contributed by atoms with Gasteiger partial charge in [-0.2, -0.15) is 18.2 Å². The van der Waals surface area contributed by atoms with Crippen molar-refractivity contribution in [2.24, 2.45) is 0 Å². The number of hydrogen-bond acceptors (Lipinski definition) is 0. The van der Waals surface area contributed by atoms with E-state index in [1.807, 2.05) is 61.5 Å². The largest absolute Gasteiger partial charge is 2.00 e. The molecule has 14 heavy (non-hydrogen) atoms. The smallest absolute Gasteiger partial charge is 0.214 e. The SMILES string of the molecule is Cc1ccccc1Cl.[Fe+2].c1cc[cH-]c1. The van der Waals surface area contributed by atoms with Gasteiger partial charge in [0.05, 0.1) is 0 Å². The van der Waals surface area contributed by atoms with E-state index in [1.165, 1.54) is 0 Å². The average molecular weight is 248 g/mol. The van der Waals surface area contributed by atoms with Crippen LogP contribution in [-0.2, 0) is 17.1 Å². The molecule has 0 amide bonds. The first-order chi connectivity index (χ1) is 6.30. The Bertz CT molecular complexity index is 290. The van der Waals surface area contributed by atoms with Gasteiger partial charge in [0.25, 0.3) is 0 Å². The first kappa shape index (κ1) is 13.4. The van der Waals surface area contributed by atoms with E-state index in [0.717, 1.165) is 10.6 Å². The molecule has 0 aliphatic rings. The molecule has 0 bridgehead atoms. The van der Waals surface area contributed by atoms with Crippen LogP contribution in [0, 0.1) is 6.92 Å². The first-order valence-corrected chi connectivity index (χ1v) is 4.56. The second kappa shape index (κ2) is 7.75. The quantitative estimate of drug-likeness (QED) is 0.487. The first-order valence-electron chi connectivity index (χ1n) is 4.18. The predicted octanol–water partition coefficient (Wildman–Crippen LogP) is 4.05. The van der Waals surface area contributed by atoms with Crippen LogP contribution in [0.5, 0.6) is 0 Å². The Morgan fingerprint density at radius 3 is 1.86 bits per heavy atom. The van der Waals surface area contributed by atoms with E-state index in [1.54, 1.807) is 0 Å². The molecule has 2 aromatic carbocycles. The maximum atomic E-state index is 5.71. The average Bonchev–Trinajstić information content (AvgIpc) is 2.68. The van der Waals surface area contributed by atoms with Gasteiger partial charge < -0.3 is 0 Å². The van der Waals surface area contributed by atoms with Gasteiger partial charge in [-0.25, -0.2) is 12.1 Å². The van der Waals surface area contributed by atoms with E-state index >= 15 is 0 Å². The summed E-state index contributed by atoms with van der Waals surface area (Å²) in [6.07, 6.45) is 0. The number of rotatable bonds is 0. The third kappa shape index (κ3) is 5.18. The van der Waals surface area contributed by atoms with Crippen LogP contribution < -0.4 is 0 Å². The molecule has 0 N–H and O–H groups in total. The van der Waals surface area contributed by atoms with Crippen molar-refractivity contribution in [1.29, 1.82) is 0 Å². The van der Waals surface area contributed by atoms with E-state index in [2.05, 4.69) is 0 Å². The molecule has 0 aliphatic carbocycles. The van der Waals surface area contributed by atoms with Crippen molar-refractivity contribution in [2.75, 3.05) is 0 Å². The van der Waals surface area contributed by atoms with Crippen molar-refractivity contribution < 1.29 is 17.1 Å². The van der Waals surface area contributed by atoms with E-state index < -0.39 is 0 Å². The topological polar surface area (TPSA) is 0 Å². The summed E-state index contributed by atoms with van der Waals surface area (Å²) in [6.45, 7) is 1.99. The van der Waals surface area contributed by atoms with Crippen molar-refractivity contribution in [1.82, 2.24) is 0 Å². The number of aryl methyl sites for hydroxylation is 1. The van der Waals surface area contributed by atoms with Gasteiger partial charge in [-0.1, -0.05) is 29.8 Å². The van der Waals surface area contributed by atoms with Crippen molar-refractivity contribution in [2.45, 2.75) is 6.92 Å². The zero-order valence-corrected chi connectivity index (χ0v) is 9.79. The molecule has 0 nitrogen and oxygen atoms in total. The van der Waals surface area contributed by atoms with Crippen LogP contribution in [0.1, 0.15) is 5.56 Å². The van der Waals surface area contributed by atoms with Crippen LogP contribution in [-0.4, -0.2) is 0 Å². The van der Waals surface area contributed by atoms with Gasteiger partial charge in [0.1, 0.15) is 0 Å². The van der Waals surface area contributed by atoms with Gasteiger partial charge in [0, 0.05) is 5.02 Å². The van der Waals surface area contributed by atoms with Gasteiger partial charge in [-0.3, -0.25) is 0 Å². The number of benzene rings is 1. The second-order valence-electron chi connectivity index (χ2n) is 2.71. The predicted molar refractivity (Wildman–Crippen MR) is 58.2 cm³/mol. The summed E-state index contributed by atoms with van der Waals surface area (Å²) < 4.78 is 0. The maximum Gasteiger partial charge on any atom is 2.00 e. The fourth-order valence-electron chi connectivity index (χ4n) is 0.872. The van der Waals surface area contributed by atoms with Crippen LogP contribution in [0.4, 0.5) is 0 Å². The third-order valence-electron chi connectivity index (χ3n) is 1.63. The zero-order chi connectivity index (χ0) is 9.52. The Balaban J connectivity index is 0.000000246. The molecule has 0 heterocycles. The summed E-state index contributed by atoms with van der Waals surface area (Å²) in [7, 11) is 0. The minimum Gasteiger partial charge on any atom is -0.214 e. The summed E-state index contributed by atoms with van der Waals surface area (Å²) in [4.78, 5) is 0. The second-order valence-corrected chi connectivity index (χ2v) is 3.12. The molecule has 0 saturated heterocycles. The van der Waals surface area contributed by atoms with Crippen LogP contribution in [0.25, 0.3) is 0 Å². The molecular formula is C12H12ClFe+. The summed E-state index contributed by atoms with van der Waals surface area (Å²) in [6, 6.07) is 17.8. The van der Waals surface area contributed by atoms with E-state index in [0.29, 0.717) is 0 Å². The van der Waals surface area contributed by atoms with Gasteiger partial charge in [-0.15, -0.1) is 0 Å². The third-order valence-corrected chi connectivity index (χ3v) is 2.06. The molecule has 0 radical (unpaired) electrons. The molecule has 2 heteroatoms. The Morgan fingerprint density at radius 2 is 1.57 bits per heavy atom. The molecule has 0 aliphatic heterocycles. The fourth-order valence-corrected chi connectivity index (χ4v) is 1.01. The molecular weight excluding hydrogens is 235 g/mol. The van der Waals surface area contributed by atoms with E-state index in [-0.39, 0.29) is 17.1 Å². The molecule has 74 valence electrons. The van der Waals surface area contributed by atoms with Gasteiger partial charge in [-0.05, 0) is 18.6 Å². The van der Waals surface area contributed by atoms with E-state index in [4.69, 9.17) is 11.6 Å². The Morgan fingerprint density at radius 1 is 1.00 bits per heavy atom. The van der Waals surface area contributed by atoms with Crippen LogP contribution in [0.2, 0.25) is 5.02 Å². The van der Waals surface area contributed by atoms with Crippen molar-refractivity contribution >= 4 is 11.6 Å². The molecule has 0 fully saturated rings. The summed E-state index contributed by atoms with van der Waals surface area (Å²) in [5.74, 6) is 0. The fraction of sp³-hybridized carbons (Fsp3) is 0.0833. The van der Waals surface area contributed by atoms with Crippen molar-refractivity contribution in [3.05, 3.63) is 65.2 Å². The monoisotopic (exact) mass is 247 g/mol. The molecule has 2 aromatic rings. The van der Waals surface area contributed by atoms with Gasteiger partial charge in [0.2, 0.25) is 0 Å². The van der Waals surface area contributed by atoms with Crippen molar-refractivity contribution in [3.63, 3.8) is 0 Å². The van der Waals surface area contributed by atoms with Crippen LogP contribution >= 0.6 is 11.6 Å². The number of halogens is 1. The Hall–Kier alpha value is -0.621. The molecule has 0 unspecified atom stereocenters. The Labute approximate surface area is 101 Å². The molecule has 0 aromatic heterocycles. The maximum absolute atomic E-state index is 5.71. The van der Waals surface area contributed by atoms with Crippen molar-refractivity contribution in [3.8, 4) is 0 Å². The Kier molecular flexibility index (Phi) is 7.41. The van der Waals surface area contributed by atoms with Crippen LogP contribution in [0.3, 0.4) is 0 Å². The zero-order valence-electron chi connectivity index (χ0n) is 7.93. The summed E-state index contributed by atoms with van der Waals surface area (Å²) >= 11 is 5.71. The standard InChI is InChI=1S/C7H7Cl.C5H5.Fe/c1-6-4-2-3-5-7(6)8;1-2-4-5-3-1;/h2-5H,1H3;1-5H;/q;-1;+2. The summed E-state index contributed by atoms with van der Waals surface area (Å²) in [5, 5.41) is 0.840. The molecule has 0 spiro atoms. The van der Waals surface area contributed by atoms with Gasteiger partial charge in [0.15, 0.2) is 0 Å². The minimum atomic E-state index is 0. The summed E-state index contributed by atoms with van der Waals surface area (Å²) in [5.41, 5.74) is 1.13. The molecule has 2 rings (SSSR count). The van der Waals surface area contributed by atoms with E-state index in [9.17, 15) is 0 Å². The van der Waals surface area contributed by atoms with Gasteiger partial charge >= 0.3 is 17.1 Å². The molecule has 0 saturated carbocycles. The van der Waals surface area contributed by atoms with Crippen LogP contribution in [0.15, 0.2) is 54.6 Å². The normalized spacial score (nSPS) is 8.14. The minimum absolute atomic E-state index is 0.